The third kappa shape index (κ3) is 5.59. The molecule has 2 aliphatic rings. The van der Waals surface area contributed by atoms with Crippen molar-refractivity contribution in [2.75, 3.05) is 26.2 Å². The van der Waals surface area contributed by atoms with E-state index in [1.165, 1.54) is 32.4 Å². The monoisotopic (exact) mass is 339 g/mol. The van der Waals surface area contributed by atoms with Crippen molar-refractivity contribution in [3.8, 4) is 0 Å². The molecule has 0 aromatic heterocycles. The Labute approximate surface area is 141 Å². The topological polar surface area (TPSA) is 49.6 Å². The van der Waals surface area contributed by atoms with E-state index in [1.807, 2.05) is 18.7 Å². The van der Waals surface area contributed by atoms with Crippen LogP contribution in [0, 0.1) is 5.92 Å². The molecule has 2 heterocycles. The Kier molecular flexibility index (Phi) is 9.87. The summed E-state index contributed by atoms with van der Waals surface area (Å²) < 4.78 is 0. The first-order chi connectivity index (χ1) is 9.09. The molecular formula is C15H31Cl2N3O. The number of piperidine rings is 2. The molecule has 0 spiro atoms. The summed E-state index contributed by atoms with van der Waals surface area (Å²) in [4.78, 5) is 16.8. The van der Waals surface area contributed by atoms with Crippen LogP contribution < -0.4 is 5.73 Å². The lowest BCUT2D eigenvalue weighted by atomic mass is 9.98. The SMILES string of the molecule is CC(C)[C@H](N)C(=O)N1CCC(N2CCCCC2)CC1.Cl.Cl. The van der Waals surface area contributed by atoms with Crippen LogP contribution in [0.4, 0.5) is 0 Å². The number of nitrogens with two attached hydrogens (primary N) is 1. The molecule has 0 radical (unpaired) electrons. The molecule has 2 aliphatic heterocycles. The molecule has 2 N–H and O–H groups in total. The zero-order valence-corrected chi connectivity index (χ0v) is 14.9. The zero-order valence-electron chi connectivity index (χ0n) is 13.3. The van der Waals surface area contributed by atoms with Crippen molar-refractivity contribution in [2.45, 2.75) is 58.0 Å². The molecule has 2 fully saturated rings. The Balaban J connectivity index is 0.00000200. The summed E-state index contributed by atoms with van der Waals surface area (Å²) in [5, 5.41) is 0. The molecule has 0 aliphatic carbocycles. The summed E-state index contributed by atoms with van der Waals surface area (Å²) in [6.45, 7) is 8.32. The van der Waals surface area contributed by atoms with E-state index in [0.29, 0.717) is 6.04 Å². The van der Waals surface area contributed by atoms with Gasteiger partial charge in [-0.3, -0.25) is 4.79 Å². The van der Waals surface area contributed by atoms with E-state index < -0.39 is 0 Å². The van der Waals surface area contributed by atoms with Gasteiger partial charge in [0.2, 0.25) is 5.91 Å². The highest BCUT2D eigenvalue weighted by atomic mass is 35.5. The van der Waals surface area contributed by atoms with Crippen molar-refractivity contribution < 1.29 is 4.79 Å². The number of hydrogen-bond acceptors (Lipinski definition) is 3. The number of likely N-dealkylation sites (tertiary alicyclic amines) is 2. The first-order valence-corrected chi connectivity index (χ1v) is 7.88. The highest BCUT2D eigenvalue weighted by Crippen LogP contribution is 2.21. The molecular weight excluding hydrogens is 309 g/mol. The molecule has 0 aromatic carbocycles. The minimum absolute atomic E-state index is 0. The second kappa shape index (κ2) is 9.88. The second-order valence-electron chi connectivity index (χ2n) is 6.42. The van der Waals surface area contributed by atoms with E-state index in [1.54, 1.807) is 0 Å². The van der Waals surface area contributed by atoms with Gasteiger partial charge in [0, 0.05) is 19.1 Å². The van der Waals surface area contributed by atoms with Gasteiger partial charge in [0.15, 0.2) is 0 Å². The predicted molar refractivity (Wildman–Crippen MR) is 92.3 cm³/mol. The van der Waals surface area contributed by atoms with Crippen molar-refractivity contribution in [2.24, 2.45) is 11.7 Å². The Morgan fingerprint density at radius 1 is 1.00 bits per heavy atom. The van der Waals surface area contributed by atoms with Gasteiger partial charge in [0.25, 0.3) is 0 Å². The van der Waals surface area contributed by atoms with E-state index >= 15 is 0 Å². The van der Waals surface area contributed by atoms with Crippen LogP contribution >= 0.6 is 24.8 Å². The predicted octanol–water partition coefficient (Wildman–Crippen LogP) is 2.29. The van der Waals surface area contributed by atoms with Crippen LogP contribution in [0.5, 0.6) is 0 Å². The molecule has 1 atom stereocenters. The summed E-state index contributed by atoms with van der Waals surface area (Å²) in [6.07, 6.45) is 6.32. The molecule has 1 amide bonds. The summed E-state index contributed by atoms with van der Waals surface area (Å²) >= 11 is 0. The van der Waals surface area contributed by atoms with E-state index in [0.717, 1.165) is 25.9 Å². The van der Waals surface area contributed by atoms with Crippen LogP contribution in [-0.4, -0.2) is 54.0 Å². The second-order valence-corrected chi connectivity index (χ2v) is 6.42. The van der Waals surface area contributed by atoms with Crippen LogP contribution in [0.2, 0.25) is 0 Å². The van der Waals surface area contributed by atoms with Crippen LogP contribution in [0.25, 0.3) is 0 Å². The van der Waals surface area contributed by atoms with Crippen LogP contribution in [0.15, 0.2) is 0 Å². The van der Waals surface area contributed by atoms with Gasteiger partial charge in [-0.05, 0) is 44.7 Å². The minimum Gasteiger partial charge on any atom is -0.341 e. The normalized spacial score (nSPS) is 22.4. The van der Waals surface area contributed by atoms with Crippen molar-refractivity contribution in [1.29, 1.82) is 0 Å². The molecule has 2 rings (SSSR count). The lowest BCUT2D eigenvalue weighted by Crippen LogP contribution is -2.52. The van der Waals surface area contributed by atoms with Crippen LogP contribution in [0.1, 0.15) is 46.0 Å². The molecule has 6 heteroatoms. The maximum Gasteiger partial charge on any atom is 0.239 e. The summed E-state index contributed by atoms with van der Waals surface area (Å²) in [7, 11) is 0. The average molecular weight is 340 g/mol. The molecule has 2 saturated heterocycles. The fourth-order valence-electron chi connectivity index (χ4n) is 3.23. The van der Waals surface area contributed by atoms with Crippen molar-refractivity contribution in [3.05, 3.63) is 0 Å². The van der Waals surface area contributed by atoms with Crippen LogP contribution in [0.3, 0.4) is 0 Å². The number of carbonyl (C=O) groups excluding carboxylic acids is 1. The first-order valence-electron chi connectivity index (χ1n) is 7.88. The number of carbonyl (C=O) groups is 1. The highest BCUT2D eigenvalue weighted by molar-refractivity contribution is 5.85. The maximum atomic E-state index is 12.2. The molecule has 126 valence electrons. The van der Waals surface area contributed by atoms with Gasteiger partial charge in [0.05, 0.1) is 6.04 Å². The van der Waals surface area contributed by atoms with Crippen molar-refractivity contribution >= 4 is 30.7 Å². The Bertz CT molecular complexity index is 301. The fourth-order valence-corrected chi connectivity index (χ4v) is 3.23. The summed E-state index contributed by atoms with van der Waals surface area (Å²) in [6, 6.07) is 0.367. The maximum absolute atomic E-state index is 12.2. The summed E-state index contributed by atoms with van der Waals surface area (Å²) in [5.74, 6) is 0.374. The first kappa shape index (κ1) is 21.0. The van der Waals surface area contributed by atoms with E-state index in [4.69, 9.17) is 5.73 Å². The Morgan fingerprint density at radius 3 is 2.00 bits per heavy atom. The van der Waals surface area contributed by atoms with Gasteiger partial charge in [0.1, 0.15) is 0 Å². The molecule has 0 bridgehead atoms. The quantitative estimate of drug-likeness (QED) is 0.858. The van der Waals surface area contributed by atoms with E-state index in [-0.39, 0.29) is 42.7 Å². The Morgan fingerprint density at radius 2 is 1.52 bits per heavy atom. The average Bonchev–Trinajstić information content (AvgIpc) is 2.46. The number of amides is 1. The lowest BCUT2D eigenvalue weighted by molar-refractivity contribution is -0.135. The summed E-state index contributed by atoms with van der Waals surface area (Å²) in [5.41, 5.74) is 5.97. The standard InChI is InChI=1S/C15H29N3O.2ClH/c1-12(2)14(16)15(19)18-10-6-13(7-11-18)17-8-4-3-5-9-17;;/h12-14H,3-11,16H2,1-2H3;2*1H/t14-;;/m0../s1. The largest absolute Gasteiger partial charge is 0.341 e. The smallest absolute Gasteiger partial charge is 0.239 e. The Hall–Kier alpha value is -0.0300. The third-order valence-corrected chi connectivity index (χ3v) is 4.69. The van der Waals surface area contributed by atoms with Gasteiger partial charge in [-0.15, -0.1) is 24.8 Å². The van der Waals surface area contributed by atoms with Crippen molar-refractivity contribution in [3.63, 3.8) is 0 Å². The number of rotatable bonds is 3. The molecule has 0 saturated carbocycles. The van der Waals surface area contributed by atoms with Crippen LogP contribution in [-0.2, 0) is 4.79 Å². The third-order valence-electron chi connectivity index (χ3n) is 4.69. The van der Waals surface area contributed by atoms with Gasteiger partial charge in [-0.2, -0.15) is 0 Å². The molecule has 0 aromatic rings. The number of halogens is 2. The number of nitrogens with zero attached hydrogens (tertiary/aromatic N) is 2. The van der Waals surface area contributed by atoms with E-state index in [2.05, 4.69) is 4.90 Å². The van der Waals surface area contributed by atoms with Gasteiger partial charge < -0.3 is 15.5 Å². The van der Waals surface area contributed by atoms with Crippen molar-refractivity contribution in [1.82, 2.24) is 9.80 Å². The molecule has 0 unspecified atom stereocenters. The highest BCUT2D eigenvalue weighted by Gasteiger charge is 2.30. The van der Waals surface area contributed by atoms with E-state index in [9.17, 15) is 4.79 Å². The van der Waals surface area contributed by atoms with Gasteiger partial charge in [-0.1, -0.05) is 20.3 Å². The molecule has 4 nitrogen and oxygen atoms in total. The van der Waals surface area contributed by atoms with Gasteiger partial charge in [-0.25, -0.2) is 0 Å². The number of hydrogen-bond donors (Lipinski definition) is 1. The zero-order chi connectivity index (χ0) is 13.8. The fraction of sp³-hybridized carbons (Fsp3) is 0.933. The molecule has 21 heavy (non-hydrogen) atoms. The minimum atomic E-state index is -0.327. The van der Waals surface area contributed by atoms with Gasteiger partial charge >= 0.3 is 0 Å². The lowest BCUT2D eigenvalue weighted by Gasteiger charge is -2.41.